The van der Waals surface area contributed by atoms with Crippen LogP contribution in [0.25, 0.3) is 0 Å². The molecule has 1 aliphatic heterocycles. The Bertz CT molecular complexity index is 576. The Morgan fingerprint density at radius 1 is 1.29 bits per heavy atom. The summed E-state index contributed by atoms with van der Waals surface area (Å²) in [5.74, 6) is -1.25. The topological polar surface area (TPSA) is 49.4 Å². The lowest BCUT2D eigenvalue weighted by atomic mass is 9.98. The van der Waals surface area contributed by atoms with Crippen molar-refractivity contribution in [2.75, 3.05) is 26.7 Å². The highest BCUT2D eigenvalue weighted by Crippen LogP contribution is 2.25. The molecule has 21 heavy (non-hydrogen) atoms. The molecule has 1 heterocycles. The van der Waals surface area contributed by atoms with Crippen molar-refractivity contribution in [2.45, 2.75) is 17.7 Å². The predicted octanol–water partition coefficient (Wildman–Crippen LogP) is 2.01. The number of piperidine rings is 1. The lowest BCUT2D eigenvalue weighted by molar-refractivity contribution is 0.270. The highest BCUT2D eigenvalue weighted by atomic mass is 35.5. The minimum Gasteiger partial charge on any atom is -0.319 e. The van der Waals surface area contributed by atoms with Gasteiger partial charge in [0.25, 0.3) is 0 Å². The fraction of sp³-hybridized carbons (Fsp3) is 0.538. The van der Waals surface area contributed by atoms with Crippen LogP contribution in [0.4, 0.5) is 8.78 Å². The van der Waals surface area contributed by atoms with Crippen molar-refractivity contribution in [3.8, 4) is 0 Å². The molecule has 120 valence electrons. The number of nitrogens with one attached hydrogen (secondary N) is 1. The zero-order valence-corrected chi connectivity index (χ0v) is 13.3. The van der Waals surface area contributed by atoms with Crippen molar-refractivity contribution >= 4 is 22.4 Å². The van der Waals surface area contributed by atoms with Crippen molar-refractivity contribution in [3.63, 3.8) is 0 Å². The van der Waals surface area contributed by atoms with Gasteiger partial charge in [0.05, 0.1) is 0 Å². The molecule has 1 saturated heterocycles. The maximum atomic E-state index is 13.6. The molecule has 0 amide bonds. The fourth-order valence-corrected chi connectivity index (χ4v) is 4.00. The molecule has 0 spiro atoms. The Morgan fingerprint density at radius 3 is 2.48 bits per heavy atom. The number of benzene rings is 1. The summed E-state index contributed by atoms with van der Waals surface area (Å²) in [4.78, 5) is -0.579. The van der Waals surface area contributed by atoms with Gasteiger partial charge >= 0.3 is 0 Å². The van der Waals surface area contributed by atoms with Crippen LogP contribution in [-0.4, -0.2) is 39.4 Å². The Balaban J connectivity index is 0.00000220. The third-order valence-corrected chi connectivity index (χ3v) is 5.49. The summed E-state index contributed by atoms with van der Waals surface area (Å²) in [6.07, 6.45) is 1.44. The highest BCUT2D eigenvalue weighted by molar-refractivity contribution is 7.89. The average molecular weight is 341 g/mol. The summed E-state index contributed by atoms with van der Waals surface area (Å²) in [5, 5.41) is 3.06. The summed E-state index contributed by atoms with van der Waals surface area (Å²) >= 11 is 0. The van der Waals surface area contributed by atoms with Crippen molar-refractivity contribution in [1.29, 1.82) is 0 Å². The number of halogens is 3. The van der Waals surface area contributed by atoms with Crippen LogP contribution in [0.3, 0.4) is 0 Å². The first-order valence-electron chi connectivity index (χ1n) is 6.55. The quantitative estimate of drug-likeness (QED) is 0.912. The van der Waals surface area contributed by atoms with Crippen LogP contribution in [0.2, 0.25) is 0 Å². The van der Waals surface area contributed by atoms with Crippen LogP contribution in [0.5, 0.6) is 0 Å². The number of hydrogen-bond donors (Lipinski definition) is 1. The predicted molar refractivity (Wildman–Crippen MR) is 79.0 cm³/mol. The van der Waals surface area contributed by atoms with Gasteiger partial charge in [0, 0.05) is 13.1 Å². The molecule has 0 atom stereocenters. The zero-order chi connectivity index (χ0) is 14.8. The zero-order valence-electron chi connectivity index (χ0n) is 11.7. The monoisotopic (exact) mass is 340 g/mol. The summed E-state index contributed by atoms with van der Waals surface area (Å²) < 4.78 is 52.7. The molecule has 1 fully saturated rings. The van der Waals surface area contributed by atoms with E-state index < -0.39 is 26.6 Å². The van der Waals surface area contributed by atoms with Crippen LogP contribution in [0, 0.1) is 17.6 Å². The van der Waals surface area contributed by atoms with Crippen molar-refractivity contribution in [3.05, 3.63) is 29.8 Å². The van der Waals surface area contributed by atoms with E-state index in [-0.39, 0.29) is 12.4 Å². The number of nitrogens with zero attached hydrogens (tertiary/aromatic N) is 1. The molecule has 0 radical (unpaired) electrons. The van der Waals surface area contributed by atoms with Gasteiger partial charge in [-0.05, 0) is 50.6 Å². The highest BCUT2D eigenvalue weighted by Gasteiger charge is 2.31. The van der Waals surface area contributed by atoms with Gasteiger partial charge in [-0.3, -0.25) is 0 Å². The Hall–Kier alpha value is -0.760. The SMILES string of the molecule is CNCC1CCN(S(=O)(=O)c2cc(F)ccc2F)CC1.Cl. The lowest BCUT2D eigenvalue weighted by Gasteiger charge is -2.31. The van der Waals surface area contributed by atoms with E-state index in [0.29, 0.717) is 19.0 Å². The molecular weight excluding hydrogens is 322 g/mol. The van der Waals surface area contributed by atoms with Gasteiger partial charge in [0.2, 0.25) is 10.0 Å². The van der Waals surface area contributed by atoms with Gasteiger partial charge in [-0.1, -0.05) is 0 Å². The van der Waals surface area contributed by atoms with Crippen LogP contribution in [-0.2, 0) is 10.0 Å². The molecule has 4 nitrogen and oxygen atoms in total. The fourth-order valence-electron chi connectivity index (χ4n) is 2.46. The molecule has 0 unspecified atom stereocenters. The van der Waals surface area contributed by atoms with Crippen LogP contribution >= 0.6 is 12.4 Å². The molecule has 1 aromatic rings. The smallest absolute Gasteiger partial charge is 0.246 e. The first-order valence-corrected chi connectivity index (χ1v) is 7.99. The third kappa shape index (κ3) is 4.12. The van der Waals surface area contributed by atoms with Crippen molar-refractivity contribution < 1.29 is 17.2 Å². The van der Waals surface area contributed by atoms with Crippen LogP contribution in [0.15, 0.2) is 23.1 Å². The number of rotatable bonds is 4. The second-order valence-electron chi connectivity index (χ2n) is 4.98. The van der Waals surface area contributed by atoms with E-state index in [0.717, 1.165) is 37.6 Å². The second-order valence-corrected chi connectivity index (χ2v) is 6.89. The molecule has 0 aliphatic carbocycles. The van der Waals surface area contributed by atoms with Gasteiger partial charge in [0.1, 0.15) is 16.5 Å². The first kappa shape index (κ1) is 18.3. The van der Waals surface area contributed by atoms with Crippen molar-refractivity contribution in [2.24, 2.45) is 5.92 Å². The maximum absolute atomic E-state index is 13.6. The number of hydrogen-bond acceptors (Lipinski definition) is 3. The molecule has 8 heteroatoms. The largest absolute Gasteiger partial charge is 0.319 e. The summed E-state index contributed by atoms with van der Waals surface area (Å²) in [6, 6.07) is 2.49. The van der Waals surface area contributed by atoms with E-state index >= 15 is 0 Å². The minimum atomic E-state index is -3.96. The Morgan fingerprint density at radius 2 is 1.90 bits per heavy atom. The first-order chi connectivity index (χ1) is 9.45. The molecule has 0 aromatic heterocycles. The molecule has 1 aromatic carbocycles. The summed E-state index contributed by atoms with van der Waals surface area (Å²) in [6.45, 7) is 1.51. The molecule has 0 bridgehead atoms. The Labute approximate surface area is 130 Å². The van der Waals surface area contributed by atoms with Gasteiger partial charge in [-0.2, -0.15) is 4.31 Å². The molecular formula is C13H19ClF2N2O2S. The van der Waals surface area contributed by atoms with Gasteiger partial charge < -0.3 is 5.32 Å². The van der Waals surface area contributed by atoms with Gasteiger partial charge in [0.15, 0.2) is 0 Å². The van der Waals surface area contributed by atoms with E-state index in [1.165, 1.54) is 4.31 Å². The van der Waals surface area contributed by atoms with E-state index in [9.17, 15) is 17.2 Å². The normalized spacial score (nSPS) is 17.5. The standard InChI is InChI=1S/C13H18F2N2O2S.ClH/c1-16-9-10-4-6-17(7-5-10)20(18,19)13-8-11(14)2-3-12(13)15;/h2-3,8,10,16H,4-7,9H2,1H3;1H. The molecule has 1 aliphatic rings. The van der Waals surface area contributed by atoms with Crippen LogP contribution < -0.4 is 5.32 Å². The van der Waals surface area contributed by atoms with Crippen molar-refractivity contribution in [1.82, 2.24) is 9.62 Å². The van der Waals surface area contributed by atoms with E-state index in [1.54, 1.807) is 0 Å². The second kappa shape index (κ2) is 7.49. The maximum Gasteiger partial charge on any atom is 0.246 e. The van der Waals surface area contributed by atoms with Crippen LogP contribution in [0.1, 0.15) is 12.8 Å². The summed E-state index contributed by atoms with van der Waals surface area (Å²) in [7, 11) is -2.10. The van der Waals surface area contributed by atoms with E-state index in [1.807, 2.05) is 7.05 Å². The summed E-state index contributed by atoms with van der Waals surface area (Å²) in [5.41, 5.74) is 0. The van der Waals surface area contributed by atoms with Gasteiger partial charge in [-0.25, -0.2) is 17.2 Å². The lowest BCUT2D eigenvalue weighted by Crippen LogP contribution is -2.40. The molecule has 2 rings (SSSR count). The average Bonchev–Trinajstić information content (AvgIpc) is 2.42. The van der Waals surface area contributed by atoms with E-state index in [2.05, 4.69) is 5.32 Å². The third-order valence-electron chi connectivity index (χ3n) is 3.58. The number of sulfonamides is 1. The Kier molecular flexibility index (Phi) is 6.52. The molecule has 1 N–H and O–H groups in total. The minimum absolute atomic E-state index is 0. The van der Waals surface area contributed by atoms with Gasteiger partial charge in [-0.15, -0.1) is 12.4 Å². The van der Waals surface area contributed by atoms with E-state index in [4.69, 9.17) is 0 Å². The molecule has 0 saturated carbocycles.